The molecular formula is C15H20N4O. The summed E-state index contributed by atoms with van der Waals surface area (Å²) in [7, 11) is 1.89. The molecule has 0 saturated carbocycles. The second-order valence-corrected chi connectivity index (χ2v) is 5.08. The maximum atomic E-state index is 11.7. The highest BCUT2D eigenvalue weighted by Gasteiger charge is 2.10. The first-order chi connectivity index (χ1) is 9.51. The number of aromatic amines is 1. The summed E-state index contributed by atoms with van der Waals surface area (Å²) in [6.07, 6.45) is 0. The van der Waals surface area contributed by atoms with Gasteiger partial charge in [0.2, 0.25) is 0 Å². The van der Waals surface area contributed by atoms with E-state index in [1.165, 1.54) is 6.07 Å². The molecule has 20 heavy (non-hydrogen) atoms. The largest absolute Gasteiger partial charge is 0.329 e. The summed E-state index contributed by atoms with van der Waals surface area (Å²) in [5.74, 6) is 1.49. The molecule has 0 unspecified atom stereocenters. The molecule has 0 aliphatic rings. The van der Waals surface area contributed by atoms with Crippen LogP contribution in [0.5, 0.6) is 0 Å². The number of nitrogens with one attached hydrogen (secondary N) is 1. The van der Waals surface area contributed by atoms with Crippen LogP contribution < -0.4 is 16.2 Å². The Kier molecular flexibility index (Phi) is 4.20. The van der Waals surface area contributed by atoms with Crippen molar-refractivity contribution < 1.29 is 0 Å². The number of rotatable bonds is 4. The number of benzene rings is 1. The third kappa shape index (κ3) is 3.05. The van der Waals surface area contributed by atoms with E-state index in [9.17, 15) is 4.79 Å². The summed E-state index contributed by atoms with van der Waals surface area (Å²) in [6.45, 7) is 4.48. The third-order valence-corrected chi connectivity index (χ3v) is 3.17. The van der Waals surface area contributed by atoms with Crippen LogP contribution in [0.1, 0.15) is 31.2 Å². The lowest BCUT2D eigenvalue weighted by Crippen LogP contribution is -2.19. The minimum atomic E-state index is -0.138. The average molecular weight is 272 g/mol. The van der Waals surface area contributed by atoms with Gasteiger partial charge in [0.25, 0.3) is 5.56 Å². The second kappa shape index (κ2) is 5.88. The molecule has 0 fully saturated rings. The summed E-state index contributed by atoms with van der Waals surface area (Å²) in [6, 6.07) is 9.39. The number of nitrogens with zero attached hydrogens (tertiary/aromatic N) is 2. The molecule has 0 radical (unpaired) electrons. The molecule has 2 rings (SSSR count). The van der Waals surface area contributed by atoms with Crippen molar-refractivity contribution in [2.75, 3.05) is 11.9 Å². The van der Waals surface area contributed by atoms with Gasteiger partial charge >= 0.3 is 0 Å². The van der Waals surface area contributed by atoms with Gasteiger partial charge < -0.3 is 15.6 Å². The highest BCUT2D eigenvalue weighted by molar-refractivity contribution is 5.59. The standard InChI is InChI=1S/C15H20N4O/c1-10(2)15-17-13(8-14(20)18-15)19(3)12-6-4-5-11(7-12)9-16/h4-8,10H,9,16H2,1-3H3,(H,17,18,20). The molecule has 0 amide bonds. The lowest BCUT2D eigenvalue weighted by Gasteiger charge is -2.19. The predicted octanol–water partition coefficient (Wildman–Crippen LogP) is 2.12. The minimum Gasteiger partial charge on any atom is -0.329 e. The van der Waals surface area contributed by atoms with Gasteiger partial charge in [-0.1, -0.05) is 26.0 Å². The first-order valence-electron chi connectivity index (χ1n) is 6.65. The Morgan fingerprint density at radius 1 is 1.35 bits per heavy atom. The molecule has 1 heterocycles. The van der Waals surface area contributed by atoms with Gasteiger partial charge in [-0.15, -0.1) is 0 Å². The summed E-state index contributed by atoms with van der Waals surface area (Å²) in [5, 5.41) is 0. The van der Waals surface area contributed by atoms with Crippen molar-refractivity contribution in [1.82, 2.24) is 9.97 Å². The molecule has 5 nitrogen and oxygen atoms in total. The van der Waals surface area contributed by atoms with Crippen molar-refractivity contribution in [1.29, 1.82) is 0 Å². The van der Waals surface area contributed by atoms with E-state index < -0.39 is 0 Å². The maximum absolute atomic E-state index is 11.7. The molecule has 1 aromatic carbocycles. The number of hydrogen-bond acceptors (Lipinski definition) is 4. The zero-order valence-corrected chi connectivity index (χ0v) is 12.1. The first-order valence-corrected chi connectivity index (χ1v) is 6.65. The molecule has 5 heteroatoms. The van der Waals surface area contributed by atoms with E-state index >= 15 is 0 Å². The van der Waals surface area contributed by atoms with Gasteiger partial charge in [-0.3, -0.25) is 4.79 Å². The minimum absolute atomic E-state index is 0.138. The fraction of sp³-hybridized carbons (Fsp3) is 0.333. The van der Waals surface area contributed by atoms with E-state index in [2.05, 4.69) is 9.97 Å². The van der Waals surface area contributed by atoms with E-state index in [4.69, 9.17) is 5.73 Å². The number of aromatic nitrogens is 2. The molecular weight excluding hydrogens is 252 g/mol. The molecule has 0 aliphatic heterocycles. The fourth-order valence-corrected chi connectivity index (χ4v) is 1.93. The Morgan fingerprint density at radius 3 is 2.75 bits per heavy atom. The van der Waals surface area contributed by atoms with Crippen LogP contribution in [-0.2, 0) is 6.54 Å². The highest BCUT2D eigenvalue weighted by atomic mass is 16.1. The van der Waals surface area contributed by atoms with E-state index in [0.717, 1.165) is 11.3 Å². The second-order valence-electron chi connectivity index (χ2n) is 5.08. The molecule has 0 spiro atoms. The van der Waals surface area contributed by atoms with Crippen molar-refractivity contribution in [2.45, 2.75) is 26.3 Å². The summed E-state index contributed by atoms with van der Waals surface area (Å²) >= 11 is 0. The number of H-pyrrole nitrogens is 1. The van der Waals surface area contributed by atoms with Crippen LogP contribution in [0.3, 0.4) is 0 Å². The summed E-state index contributed by atoms with van der Waals surface area (Å²) in [5.41, 5.74) is 7.52. The monoisotopic (exact) mass is 272 g/mol. The van der Waals surface area contributed by atoms with Gasteiger partial charge in [0.15, 0.2) is 0 Å². The number of hydrogen-bond donors (Lipinski definition) is 2. The van der Waals surface area contributed by atoms with E-state index in [1.54, 1.807) is 0 Å². The summed E-state index contributed by atoms with van der Waals surface area (Å²) in [4.78, 5) is 20.9. The van der Waals surface area contributed by atoms with Crippen LogP contribution in [-0.4, -0.2) is 17.0 Å². The lowest BCUT2D eigenvalue weighted by atomic mass is 10.2. The van der Waals surface area contributed by atoms with Crippen molar-refractivity contribution in [3.63, 3.8) is 0 Å². The van der Waals surface area contributed by atoms with Crippen LogP contribution in [0.25, 0.3) is 0 Å². The predicted molar refractivity (Wildman–Crippen MR) is 81.3 cm³/mol. The molecule has 2 aromatic rings. The zero-order chi connectivity index (χ0) is 14.7. The maximum Gasteiger partial charge on any atom is 0.253 e. The van der Waals surface area contributed by atoms with Crippen LogP contribution >= 0.6 is 0 Å². The molecule has 0 saturated heterocycles. The fourth-order valence-electron chi connectivity index (χ4n) is 1.93. The van der Waals surface area contributed by atoms with E-state index in [-0.39, 0.29) is 11.5 Å². The van der Waals surface area contributed by atoms with Gasteiger partial charge in [-0.25, -0.2) is 4.98 Å². The van der Waals surface area contributed by atoms with Crippen molar-refractivity contribution in [3.8, 4) is 0 Å². The first kappa shape index (κ1) is 14.3. The van der Waals surface area contributed by atoms with Gasteiger partial charge in [0.05, 0.1) is 0 Å². The average Bonchev–Trinajstić information content (AvgIpc) is 2.45. The normalized spacial score (nSPS) is 10.8. The van der Waals surface area contributed by atoms with Crippen molar-refractivity contribution in [3.05, 3.63) is 52.1 Å². The Balaban J connectivity index is 2.42. The van der Waals surface area contributed by atoms with Gasteiger partial charge in [0, 0.05) is 31.3 Å². The topological polar surface area (TPSA) is 75.0 Å². The Labute approximate surface area is 118 Å². The van der Waals surface area contributed by atoms with Gasteiger partial charge in [0.1, 0.15) is 11.6 Å². The smallest absolute Gasteiger partial charge is 0.253 e. The molecule has 106 valence electrons. The van der Waals surface area contributed by atoms with Crippen LogP contribution in [0.2, 0.25) is 0 Å². The molecule has 0 aliphatic carbocycles. The zero-order valence-electron chi connectivity index (χ0n) is 12.1. The lowest BCUT2D eigenvalue weighted by molar-refractivity contribution is 0.764. The Hall–Kier alpha value is -2.14. The molecule has 1 aromatic heterocycles. The molecule has 3 N–H and O–H groups in total. The van der Waals surface area contributed by atoms with Crippen molar-refractivity contribution in [2.24, 2.45) is 5.73 Å². The van der Waals surface area contributed by atoms with Gasteiger partial charge in [-0.2, -0.15) is 0 Å². The third-order valence-electron chi connectivity index (χ3n) is 3.17. The van der Waals surface area contributed by atoms with E-state index in [0.29, 0.717) is 18.2 Å². The van der Waals surface area contributed by atoms with Gasteiger partial charge in [-0.05, 0) is 17.7 Å². The Bertz CT molecular complexity index is 648. The van der Waals surface area contributed by atoms with Crippen molar-refractivity contribution >= 4 is 11.5 Å². The van der Waals surface area contributed by atoms with E-state index in [1.807, 2.05) is 50.1 Å². The number of nitrogens with two attached hydrogens (primary N) is 1. The molecule has 0 bridgehead atoms. The summed E-state index contributed by atoms with van der Waals surface area (Å²) < 4.78 is 0. The SMILES string of the molecule is CC(C)c1nc(N(C)c2cccc(CN)c2)cc(=O)[nH]1. The number of anilines is 2. The van der Waals surface area contributed by atoms with Crippen LogP contribution in [0.4, 0.5) is 11.5 Å². The quantitative estimate of drug-likeness (QED) is 0.894. The molecule has 0 atom stereocenters. The van der Waals surface area contributed by atoms with Crippen LogP contribution in [0.15, 0.2) is 35.1 Å². The Morgan fingerprint density at radius 2 is 2.10 bits per heavy atom. The van der Waals surface area contributed by atoms with Crippen LogP contribution in [0, 0.1) is 0 Å². The highest BCUT2D eigenvalue weighted by Crippen LogP contribution is 2.22.